The Kier molecular flexibility index (Phi) is 5.37. The molecule has 0 radical (unpaired) electrons. The minimum atomic E-state index is -0.905. The highest BCUT2D eigenvalue weighted by atomic mass is 32.2. The SMILES string of the molecule is CSc1ccc(-n2cc(-c3cn([C@H]4C[C@H](O)[C@@H](CO)O4)c(=O)[nH]c3=O)nn2)cc1. The van der Waals surface area contributed by atoms with Crippen molar-refractivity contribution in [2.75, 3.05) is 12.9 Å². The summed E-state index contributed by atoms with van der Waals surface area (Å²) in [6, 6.07) is 7.68. The fraction of sp³-hybridized carbons (Fsp3) is 0.333. The molecule has 11 heteroatoms. The lowest BCUT2D eigenvalue weighted by Gasteiger charge is -2.14. The summed E-state index contributed by atoms with van der Waals surface area (Å²) < 4.78 is 8.23. The van der Waals surface area contributed by atoms with Crippen molar-refractivity contribution in [1.29, 1.82) is 0 Å². The van der Waals surface area contributed by atoms with E-state index in [-0.39, 0.29) is 24.3 Å². The molecule has 2 aromatic heterocycles. The highest BCUT2D eigenvalue weighted by Crippen LogP contribution is 2.28. The number of hydrogen-bond acceptors (Lipinski definition) is 8. The van der Waals surface area contributed by atoms with Crippen LogP contribution in [-0.4, -0.2) is 59.8 Å². The van der Waals surface area contributed by atoms with E-state index in [1.807, 2.05) is 30.5 Å². The van der Waals surface area contributed by atoms with E-state index in [1.54, 1.807) is 18.0 Å². The average Bonchev–Trinajstić information content (AvgIpc) is 3.35. The monoisotopic (exact) mass is 417 g/mol. The van der Waals surface area contributed by atoms with Gasteiger partial charge in [-0.05, 0) is 30.5 Å². The van der Waals surface area contributed by atoms with Crippen molar-refractivity contribution in [3.63, 3.8) is 0 Å². The second-order valence-corrected chi connectivity index (χ2v) is 7.45. The molecule has 1 aliphatic rings. The number of thioether (sulfide) groups is 1. The van der Waals surface area contributed by atoms with Gasteiger partial charge in [0.1, 0.15) is 18.0 Å². The van der Waals surface area contributed by atoms with Crippen LogP contribution in [0.25, 0.3) is 16.9 Å². The minimum Gasteiger partial charge on any atom is -0.394 e. The molecule has 0 amide bonds. The number of aliphatic hydroxyl groups excluding tert-OH is 2. The number of aromatic amines is 1. The van der Waals surface area contributed by atoms with Crippen molar-refractivity contribution in [3.8, 4) is 16.9 Å². The van der Waals surface area contributed by atoms with Gasteiger partial charge in [0.25, 0.3) is 5.56 Å². The second kappa shape index (κ2) is 7.95. The number of rotatable bonds is 5. The third kappa shape index (κ3) is 3.77. The van der Waals surface area contributed by atoms with Gasteiger partial charge >= 0.3 is 5.69 Å². The molecule has 1 aromatic carbocycles. The fourth-order valence-corrected chi connectivity index (χ4v) is 3.59. The minimum absolute atomic E-state index is 0.116. The summed E-state index contributed by atoms with van der Waals surface area (Å²) in [6.07, 6.45) is 2.53. The zero-order chi connectivity index (χ0) is 20.5. The number of nitrogens with one attached hydrogen (secondary N) is 1. The summed E-state index contributed by atoms with van der Waals surface area (Å²) in [7, 11) is 0. The van der Waals surface area contributed by atoms with Crippen molar-refractivity contribution in [1.82, 2.24) is 24.5 Å². The van der Waals surface area contributed by atoms with Gasteiger partial charge in [0.2, 0.25) is 0 Å². The Morgan fingerprint density at radius 3 is 2.69 bits per heavy atom. The first-order valence-electron chi connectivity index (χ1n) is 8.87. The van der Waals surface area contributed by atoms with Crippen LogP contribution in [0.3, 0.4) is 0 Å². The molecule has 1 fully saturated rings. The van der Waals surface area contributed by atoms with E-state index in [9.17, 15) is 19.8 Å². The Bertz CT molecular complexity index is 1120. The van der Waals surface area contributed by atoms with Crippen molar-refractivity contribution in [2.24, 2.45) is 0 Å². The lowest BCUT2D eigenvalue weighted by molar-refractivity contribution is -0.0458. The average molecular weight is 417 g/mol. The van der Waals surface area contributed by atoms with E-state index in [0.717, 1.165) is 10.6 Å². The highest BCUT2D eigenvalue weighted by Gasteiger charge is 2.35. The smallest absolute Gasteiger partial charge is 0.330 e. The Morgan fingerprint density at radius 2 is 2.03 bits per heavy atom. The number of hydrogen-bond donors (Lipinski definition) is 3. The summed E-state index contributed by atoms with van der Waals surface area (Å²) >= 11 is 1.63. The van der Waals surface area contributed by atoms with Crippen LogP contribution in [0.15, 0.2) is 51.1 Å². The van der Waals surface area contributed by atoms with Crippen molar-refractivity contribution in [2.45, 2.75) is 29.8 Å². The van der Waals surface area contributed by atoms with Gasteiger partial charge in [-0.2, -0.15) is 0 Å². The molecule has 4 rings (SSSR count). The first-order chi connectivity index (χ1) is 14.0. The third-order valence-electron chi connectivity index (χ3n) is 4.77. The van der Waals surface area contributed by atoms with Crippen LogP contribution in [-0.2, 0) is 4.74 Å². The molecule has 0 bridgehead atoms. The molecule has 0 saturated carbocycles. The molecule has 29 heavy (non-hydrogen) atoms. The number of nitrogens with zero attached hydrogens (tertiary/aromatic N) is 4. The van der Waals surface area contributed by atoms with Crippen LogP contribution in [0.2, 0.25) is 0 Å². The first-order valence-corrected chi connectivity index (χ1v) is 10.1. The third-order valence-corrected chi connectivity index (χ3v) is 5.51. The molecule has 0 unspecified atom stereocenters. The maximum absolute atomic E-state index is 12.3. The molecule has 1 saturated heterocycles. The van der Waals surface area contributed by atoms with Gasteiger partial charge in [-0.25, -0.2) is 9.48 Å². The van der Waals surface area contributed by atoms with Gasteiger partial charge < -0.3 is 14.9 Å². The Morgan fingerprint density at radius 1 is 1.28 bits per heavy atom. The van der Waals surface area contributed by atoms with Crippen molar-refractivity contribution >= 4 is 11.8 Å². The van der Waals surface area contributed by atoms with E-state index < -0.39 is 29.7 Å². The van der Waals surface area contributed by atoms with Gasteiger partial charge in [0, 0.05) is 17.5 Å². The van der Waals surface area contributed by atoms with Crippen LogP contribution in [0.1, 0.15) is 12.6 Å². The largest absolute Gasteiger partial charge is 0.394 e. The molecule has 0 aliphatic carbocycles. The zero-order valence-corrected chi connectivity index (χ0v) is 16.2. The van der Waals surface area contributed by atoms with Crippen LogP contribution in [0.5, 0.6) is 0 Å². The van der Waals surface area contributed by atoms with Gasteiger partial charge in [-0.15, -0.1) is 16.9 Å². The molecule has 3 aromatic rings. The number of H-pyrrole nitrogens is 1. The Balaban J connectivity index is 1.68. The predicted molar refractivity (Wildman–Crippen MR) is 105 cm³/mol. The zero-order valence-electron chi connectivity index (χ0n) is 15.4. The molecular formula is C18H19N5O5S. The standard InChI is InChI=1S/C18H19N5O5S/c1-29-11-4-2-10(3-5-11)23-8-13(20-21-23)12-7-22(18(27)19-17(12)26)16-6-14(25)15(9-24)28-16/h2-5,7-8,14-16,24-25H,6,9H2,1H3,(H,19,26,27)/t14-,15+,16+/m0/s1. The number of aliphatic hydroxyl groups is 2. The topological polar surface area (TPSA) is 135 Å². The number of ether oxygens (including phenoxy) is 1. The molecule has 3 heterocycles. The number of benzene rings is 1. The van der Waals surface area contributed by atoms with E-state index in [4.69, 9.17) is 4.74 Å². The number of aromatic nitrogens is 5. The van der Waals surface area contributed by atoms with E-state index >= 15 is 0 Å². The normalized spacial score (nSPS) is 21.6. The molecule has 0 spiro atoms. The van der Waals surface area contributed by atoms with Crippen molar-refractivity contribution in [3.05, 3.63) is 57.5 Å². The van der Waals surface area contributed by atoms with E-state index in [1.165, 1.54) is 15.4 Å². The van der Waals surface area contributed by atoms with Gasteiger partial charge in [0.15, 0.2) is 0 Å². The van der Waals surface area contributed by atoms with E-state index in [2.05, 4.69) is 15.3 Å². The highest BCUT2D eigenvalue weighted by molar-refractivity contribution is 7.98. The summed E-state index contributed by atoms with van der Waals surface area (Å²) in [6.45, 7) is -0.369. The summed E-state index contributed by atoms with van der Waals surface area (Å²) in [5.74, 6) is 0. The Hall–Kier alpha value is -2.73. The molecule has 152 valence electrons. The van der Waals surface area contributed by atoms with Crippen LogP contribution in [0.4, 0.5) is 0 Å². The van der Waals surface area contributed by atoms with Crippen molar-refractivity contribution < 1.29 is 14.9 Å². The van der Waals surface area contributed by atoms with Crippen LogP contribution < -0.4 is 11.2 Å². The van der Waals surface area contributed by atoms with E-state index in [0.29, 0.717) is 0 Å². The first kappa shape index (κ1) is 19.6. The molecule has 3 atom stereocenters. The lowest BCUT2D eigenvalue weighted by atomic mass is 10.2. The van der Waals surface area contributed by atoms with Crippen LogP contribution >= 0.6 is 11.8 Å². The maximum Gasteiger partial charge on any atom is 0.330 e. The van der Waals surface area contributed by atoms with Crippen LogP contribution in [0, 0.1) is 0 Å². The quantitative estimate of drug-likeness (QED) is 0.499. The van der Waals surface area contributed by atoms with Gasteiger partial charge in [0.05, 0.1) is 30.2 Å². The summed E-state index contributed by atoms with van der Waals surface area (Å²) in [5.41, 5.74) is -0.0736. The molecular weight excluding hydrogens is 398 g/mol. The maximum atomic E-state index is 12.3. The molecule has 1 aliphatic heterocycles. The second-order valence-electron chi connectivity index (χ2n) is 6.57. The lowest BCUT2D eigenvalue weighted by Crippen LogP contribution is -2.33. The molecule has 3 N–H and O–H groups in total. The summed E-state index contributed by atoms with van der Waals surface area (Å²) in [5, 5.41) is 27.3. The Labute approximate surface area is 168 Å². The van der Waals surface area contributed by atoms with Gasteiger partial charge in [-0.3, -0.25) is 14.3 Å². The molecule has 10 nitrogen and oxygen atoms in total. The fourth-order valence-electron chi connectivity index (χ4n) is 3.18. The summed E-state index contributed by atoms with van der Waals surface area (Å²) in [4.78, 5) is 27.9. The van der Waals surface area contributed by atoms with Gasteiger partial charge in [-0.1, -0.05) is 5.21 Å². The predicted octanol–water partition coefficient (Wildman–Crippen LogP) is 0.147.